The third-order valence-corrected chi connectivity index (χ3v) is 7.09. The van der Waals surface area contributed by atoms with Crippen molar-refractivity contribution < 1.29 is 54.7 Å². The molecule has 13 heteroatoms. The molecule has 3 aromatic rings. The molecule has 0 radical (unpaired) electrons. The molecule has 3 rings (SSSR count). The zero-order valence-electron chi connectivity index (χ0n) is 19.9. The Balaban J connectivity index is 2.37. The van der Waals surface area contributed by atoms with Crippen molar-refractivity contribution in [1.29, 1.82) is 0 Å². The maximum atomic E-state index is 14.3. The number of ketones is 1. The van der Waals surface area contributed by atoms with Crippen LogP contribution >= 0.6 is 7.80 Å². The number of carbonyl (C=O) groups is 2. The molecule has 0 saturated carbocycles. The second kappa shape index (κ2) is 10.9. The minimum Gasteiger partial charge on any atom is -0.496 e. The highest BCUT2D eigenvalue weighted by atomic mass is 31.1. The summed E-state index contributed by atoms with van der Waals surface area (Å²) in [5, 5.41) is -1.83. The smallest absolute Gasteiger partial charge is 0.417 e. The SMILES string of the molecule is COc1cc(OC)c(C(=O)[PH](=O)c2c(C(F)(F)F)ccc(C(=O)c3ccccc3)c2C(F)(F)F)c(OC)c1. The molecule has 0 aliphatic heterocycles. The fourth-order valence-corrected chi connectivity index (χ4v) is 5.43. The standard InChI is InChI=1S/C25H19F6O6P/c1-35-14-11-17(36-2)19(18(12-14)37-3)23(33)38(34)22-16(24(26,27)28)10-9-15(20(22)25(29,30)31)21(32)13-7-5-4-6-8-13/h4-12,38H,1-3H3. The molecule has 0 heterocycles. The lowest BCUT2D eigenvalue weighted by Gasteiger charge is -2.22. The van der Waals surface area contributed by atoms with E-state index >= 15 is 0 Å². The van der Waals surface area contributed by atoms with Gasteiger partial charge in [-0.25, -0.2) is 0 Å². The molecule has 0 aliphatic rings. The Bertz CT molecular complexity index is 1370. The van der Waals surface area contributed by atoms with Gasteiger partial charge in [0.05, 0.1) is 32.5 Å². The fraction of sp³-hybridized carbons (Fsp3) is 0.200. The normalized spacial score (nSPS) is 12.6. The van der Waals surface area contributed by atoms with E-state index in [0.717, 1.165) is 26.4 Å². The maximum Gasteiger partial charge on any atom is 0.417 e. The average molecular weight is 560 g/mol. The van der Waals surface area contributed by atoms with Crippen molar-refractivity contribution in [2.45, 2.75) is 12.4 Å². The Hall–Kier alpha value is -3.79. The summed E-state index contributed by atoms with van der Waals surface area (Å²) in [4.78, 5) is 26.3. The number of ether oxygens (including phenoxy) is 3. The summed E-state index contributed by atoms with van der Waals surface area (Å²) in [5.41, 5.74) is -7.77. The quantitative estimate of drug-likeness (QED) is 0.191. The number of methoxy groups -OCH3 is 3. The van der Waals surface area contributed by atoms with Crippen molar-refractivity contribution in [3.63, 3.8) is 0 Å². The van der Waals surface area contributed by atoms with Crippen molar-refractivity contribution in [1.82, 2.24) is 0 Å². The number of benzene rings is 3. The molecule has 0 spiro atoms. The van der Waals surface area contributed by atoms with Crippen LogP contribution < -0.4 is 19.5 Å². The zero-order chi connectivity index (χ0) is 28.4. The lowest BCUT2D eigenvalue weighted by molar-refractivity contribution is -0.141. The molecular formula is C25H19F6O6P. The van der Waals surface area contributed by atoms with E-state index in [9.17, 15) is 40.5 Å². The highest BCUT2D eigenvalue weighted by Crippen LogP contribution is 2.46. The molecule has 6 nitrogen and oxygen atoms in total. The van der Waals surface area contributed by atoms with E-state index in [1.807, 2.05) is 0 Å². The minimum absolute atomic E-state index is 0.0809. The van der Waals surface area contributed by atoms with E-state index in [1.165, 1.54) is 37.4 Å². The van der Waals surface area contributed by atoms with E-state index in [4.69, 9.17) is 14.2 Å². The largest absolute Gasteiger partial charge is 0.496 e. The summed E-state index contributed by atoms with van der Waals surface area (Å²) in [6.07, 6.45) is -11.0. The molecule has 0 aromatic heterocycles. The van der Waals surface area contributed by atoms with Crippen LogP contribution in [0.5, 0.6) is 17.2 Å². The van der Waals surface area contributed by atoms with E-state index in [-0.39, 0.29) is 28.9 Å². The summed E-state index contributed by atoms with van der Waals surface area (Å²) < 4.78 is 113. The van der Waals surface area contributed by atoms with Crippen LogP contribution in [0.4, 0.5) is 26.3 Å². The predicted molar refractivity (Wildman–Crippen MR) is 125 cm³/mol. The van der Waals surface area contributed by atoms with Gasteiger partial charge in [-0.3, -0.25) is 9.59 Å². The van der Waals surface area contributed by atoms with Gasteiger partial charge < -0.3 is 18.8 Å². The van der Waals surface area contributed by atoms with Crippen molar-refractivity contribution >= 4 is 24.4 Å². The summed E-state index contributed by atoms with van der Waals surface area (Å²) in [6.45, 7) is 0. The minimum atomic E-state index is -5.59. The van der Waals surface area contributed by atoms with Crippen molar-refractivity contribution in [3.8, 4) is 17.2 Å². The summed E-state index contributed by atoms with van der Waals surface area (Å²) in [7, 11) is -1.23. The van der Waals surface area contributed by atoms with Gasteiger partial charge in [-0.05, 0) is 12.1 Å². The Morgan fingerprint density at radius 1 is 0.763 bits per heavy atom. The lowest BCUT2D eigenvalue weighted by Crippen LogP contribution is -2.30. The van der Waals surface area contributed by atoms with Gasteiger partial charge in [0.1, 0.15) is 22.8 Å². The summed E-state index contributed by atoms with van der Waals surface area (Å²) in [6, 6.07) is 9.32. The van der Waals surface area contributed by atoms with Crippen molar-refractivity contribution in [3.05, 3.63) is 82.4 Å². The van der Waals surface area contributed by atoms with Crippen molar-refractivity contribution in [2.75, 3.05) is 21.3 Å². The lowest BCUT2D eigenvalue weighted by atomic mass is 9.95. The van der Waals surface area contributed by atoms with Gasteiger partial charge in [-0.2, -0.15) is 26.3 Å². The third-order valence-electron chi connectivity index (χ3n) is 5.45. The van der Waals surface area contributed by atoms with Gasteiger partial charge in [0.15, 0.2) is 13.6 Å². The molecule has 0 fully saturated rings. The maximum absolute atomic E-state index is 14.3. The fourth-order valence-electron chi connectivity index (χ4n) is 3.76. The zero-order valence-corrected chi connectivity index (χ0v) is 20.9. The second-order valence-corrected chi connectivity index (χ2v) is 9.28. The molecule has 0 N–H and O–H groups in total. The highest BCUT2D eigenvalue weighted by Gasteiger charge is 2.46. The molecule has 38 heavy (non-hydrogen) atoms. The Morgan fingerprint density at radius 3 is 1.76 bits per heavy atom. The second-order valence-electron chi connectivity index (χ2n) is 7.67. The molecule has 1 atom stereocenters. The summed E-state index contributed by atoms with van der Waals surface area (Å²) in [5.74, 6) is -1.90. The van der Waals surface area contributed by atoms with Crippen LogP contribution in [0.25, 0.3) is 0 Å². The number of hydrogen-bond donors (Lipinski definition) is 0. The third kappa shape index (κ3) is 5.55. The van der Waals surface area contributed by atoms with Gasteiger partial charge in [-0.1, -0.05) is 30.3 Å². The van der Waals surface area contributed by atoms with E-state index in [1.54, 1.807) is 0 Å². The number of alkyl halides is 6. The number of hydrogen-bond acceptors (Lipinski definition) is 6. The monoisotopic (exact) mass is 560 g/mol. The Labute approximate surface area is 212 Å². The van der Waals surface area contributed by atoms with Crippen LogP contribution in [0.15, 0.2) is 54.6 Å². The van der Waals surface area contributed by atoms with Gasteiger partial charge in [0.25, 0.3) is 0 Å². The number of carbonyl (C=O) groups excluding carboxylic acids is 2. The highest BCUT2D eigenvalue weighted by molar-refractivity contribution is 7.71. The Morgan fingerprint density at radius 2 is 1.32 bits per heavy atom. The topological polar surface area (TPSA) is 78.9 Å². The predicted octanol–water partition coefficient (Wildman–Crippen LogP) is 6.01. The van der Waals surface area contributed by atoms with Gasteiger partial charge in [-0.15, -0.1) is 0 Å². The molecule has 0 amide bonds. The number of rotatable bonds is 8. The van der Waals surface area contributed by atoms with Crippen LogP contribution in [0.3, 0.4) is 0 Å². The molecule has 202 valence electrons. The average Bonchev–Trinajstić information content (AvgIpc) is 2.89. The van der Waals surface area contributed by atoms with Gasteiger partial charge in [0.2, 0.25) is 5.52 Å². The molecule has 0 aliphatic carbocycles. The van der Waals surface area contributed by atoms with E-state index in [2.05, 4.69) is 0 Å². The molecule has 0 bridgehead atoms. The molecule has 3 aromatic carbocycles. The van der Waals surface area contributed by atoms with Crippen LogP contribution in [0.2, 0.25) is 0 Å². The molecule has 0 saturated heterocycles. The van der Waals surface area contributed by atoms with Gasteiger partial charge >= 0.3 is 12.4 Å². The van der Waals surface area contributed by atoms with Crippen molar-refractivity contribution in [2.24, 2.45) is 0 Å². The van der Waals surface area contributed by atoms with Crippen LogP contribution in [-0.4, -0.2) is 32.6 Å². The van der Waals surface area contributed by atoms with E-state index in [0.29, 0.717) is 6.07 Å². The first-order valence-corrected chi connectivity index (χ1v) is 12.0. The van der Waals surface area contributed by atoms with Crippen LogP contribution in [-0.2, 0) is 16.9 Å². The number of halogens is 6. The summed E-state index contributed by atoms with van der Waals surface area (Å²) >= 11 is 0. The first kappa shape index (κ1) is 28.8. The first-order chi connectivity index (χ1) is 17.8. The van der Waals surface area contributed by atoms with Gasteiger partial charge in [0, 0.05) is 28.6 Å². The van der Waals surface area contributed by atoms with E-state index < -0.39 is 59.0 Å². The first-order valence-electron chi connectivity index (χ1n) is 10.6. The molecule has 1 unspecified atom stereocenters. The van der Waals surface area contributed by atoms with Crippen LogP contribution in [0.1, 0.15) is 37.4 Å². The van der Waals surface area contributed by atoms with Crippen LogP contribution in [0, 0.1) is 0 Å². The molecular weight excluding hydrogens is 541 g/mol. The Kier molecular flexibility index (Phi) is 8.26.